The molecule has 0 atom stereocenters. The summed E-state index contributed by atoms with van der Waals surface area (Å²) in [4.78, 5) is 31.2. The number of fused-ring (bicyclic) bond motifs is 5. The third kappa shape index (κ3) is 4.18. The highest BCUT2D eigenvalue weighted by Gasteiger charge is 2.44. The molecule has 0 bridgehead atoms. The van der Waals surface area contributed by atoms with Gasteiger partial charge in [0.15, 0.2) is 34.5 Å². The first kappa shape index (κ1) is 28.0. The standard InChI is InChI=1S/C42H24N2O6/c45-41-37(25-19-21-31-35(23-25)47-33-17-9-7-15-29(33)43(31)27-11-3-1-4-12-27)39-40(50-41)38(42(46)49-39)26-20-22-32-36(24-26)48-34-18-10-8-16-30(34)44(32)28-13-5-2-6-14-28/h1-24H. The Bertz CT molecular complexity index is 2310. The van der Waals surface area contributed by atoms with Gasteiger partial charge in [-0.2, -0.15) is 0 Å². The average molecular weight is 653 g/mol. The summed E-state index contributed by atoms with van der Waals surface area (Å²) in [6, 6.07) is 46.5. The Kier molecular flexibility index (Phi) is 6.01. The molecule has 0 amide bonds. The van der Waals surface area contributed by atoms with Crippen LogP contribution in [0.2, 0.25) is 0 Å². The Hall–Kier alpha value is -7.06. The van der Waals surface area contributed by atoms with E-state index in [-0.39, 0.29) is 22.7 Å². The first-order valence-corrected chi connectivity index (χ1v) is 16.1. The zero-order chi connectivity index (χ0) is 33.3. The number of hydrogen-bond donors (Lipinski definition) is 0. The summed E-state index contributed by atoms with van der Waals surface area (Å²) in [6.45, 7) is 0. The van der Waals surface area contributed by atoms with Gasteiger partial charge in [0.2, 0.25) is 0 Å². The van der Waals surface area contributed by atoms with Crippen molar-refractivity contribution >= 4 is 57.2 Å². The van der Waals surface area contributed by atoms with Gasteiger partial charge in [-0.05, 0) is 83.9 Å². The molecule has 4 heterocycles. The Balaban J connectivity index is 1.06. The molecule has 8 heteroatoms. The first-order chi connectivity index (χ1) is 24.6. The minimum absolute atomic E-state index is 0.0842. The maximum absolute atomic E-state index is 13.5. The van der Waals surface area contributed by atoms with Crippen molar-refractivity contribution in [2.45, 2.75) is 0 Å². The quantitative estimate of drug-likeness (QED) is 0.174. The molecule has 0 saturated heterocycles. The molecule has 0 radical (unpaired) electrons. The largest absolute Gasteiger partial charge is 0.453 e. The van der Waals surface area contributed by atoms with Gasteiger partial charge in [0.25, 0.3) is 0 Å². The predicted octanol–water partition coefficient (Wildman–Crippen LogP) is 10.1. The molecule has 0 N–H and O–H groups in total. The van der Waals surface area contributed by atoms with Gasteiger partial charge in [0.05, 0.1) is 22.7 Å². The van der Waals surface area contributed by atoms with Crippen molar-refractivity contribution in [1.82, 2.24) is 0 Å². The van der Waals surface area contributed by atoms with Crippen molar-refractivity contribution in [3.63, 3.8) is 0 Å². The van der Waals surface area contributed by atoms with E-state index in [0.29, 0.717) is 34.1 Å². The van der Waals surface area contributed by atoms with Crippen LogP contribution >= 0.6 is 0 Å². The summed E-state index contributed by atoms with van der Waals surface area (Å²) in [5.41, 5.74) is 6.62. The number of rotatable bonds is 4. The molecule has 50 heavy (non-hydrogen) atoms. The molecule has 238 valence electrons. The molecule has 0 unspecified atom stereocenters. The van der Waals surface area contributed by atoms with Crippen LogP contribution in [0.4, 0.5) is 34.1 Å². The molecule has 0 aromatic heterocycles. The molecule has 0 spiro atoms. The van der Waals surface area contributed by atoms with E-state index in [1.807, 2.05) is 133 Å². The Labute approximate surface area is 286 Å². The lowest BCUT2D eigenvalue weighted by Gasteiger charge is -2.33. The molecule has 6 aromatic carbocycles. The van der Waals surface area contributed by atoms with Crippen LogP contribution in [0, 0.1) is 0 Å². The fourth-order valence-corrected chi connectivity index (χ4v) is 6.93. The van der Waals surface area contributed by atoms with E-state index in [4.69, 9.17) is 18.9 Å². The van der Waals surface area contributed by atoms with Crippen LogP contribution in [0.15, 0.2) is 157 Å². The Morgan fingerprint density at radius 1 is 0.360 bits per heavy atom. The third-order valence-electron chi connectivity index (χ3n) is 9.12. The van der Waals surface area contributed by atoms with Crippen LogP contribution in [0.1, 0.15) is 11.1 Å². The molecule has 8 nitrogen and oxygen atoms in total. The highest BCUT2D eigenvalue weighted by molar-refractivity contribution is 6.29. The van der Waals surface area contributed by atoms with Crippen LogP contribution in [-0.4, -0.2) is 11.9 Å². The van der Waals surface area contributed by atoms with E-state index in [1.54, 1.807) is 12.1 Å². The molecular formula is C42H24N2O6. The van der Waals surface area contributed by atoms with Crippen LogP contribution in [-0.2, 0) is 19.1 Å². The zero-order valence-electron chi connectivity index (χ0n) is 26.2. The number of para-hydroxylation sites is 6. The topological polar surface area (TPSA) is 77.5 Å². The molecule has 4 aliphatic heterocycles. The number of esters is 2. The van der Waals surface area contributed by atoms with Gasteiger partial charge < -0.3 is 28.7 Å². The number of benzene rings is 6. The lowest BCUT2D eigenvalue weighted by molar-refractivity contribution is -0.131. The van der Waals surface area contributed by atoms with E-state index in [2.05, 4.69) is 9.80 Å². The monoisotopic (exact) mass is 652 g/mol. The second kappa shape index (κ2) is 10.7. The van der Waals surface area contributed by atoms with Gasteiger partial charge in [-0.3, -0.25) is 0 Å². The van der Waals surface area contributed by atoms with E-state index >= 15 is 0 Å². The van der Waals surface area contributed by atoms with E-state index in [0.717, 1.165) is 34.1 Å². The summed E-state index contributed by atoms with van der Waals surface area (Å²) in [5, 5.41) is 0. The fraction of sp³-hybridized carbons (Fsp3) is 0. The van der Waals surface area contributed by atoms with Crippen molar-refractivity contribution in [3.05, 3.63) is 168 Å². The van der Waals surface area contributed by atoms with Crippen molar-refractivity contribution in [2.75, 3.05) is 9.80 Å². The second-order valence-corrected chi connectivity index (χ2v) is 12.0. The molecule has 0 saturated carbocycles. The van der Waals surface area contributed by atoms with Gasteiger partial charge >= 0.3 is 11.9 Å². The van der Waals surface area contributed by atoms with Crippen LogP contribution in [0.3, 0.4) is 0 Å². The average Bonchev–Trinajstić information content (AvgIpc) is 3.64. The maximum atomic E-state index is 13.5. The smallest absolute Gasteiger partial charge is 0.348 e. The molecular weight excluding hydrogens is 628 g/mol. The minimum Gasteiger partial charge on any atom is -0.453 e. The SMILES string of the molecule is O=C1OC2=C(c3ccc4c(c3)Oc3ccccc3N4c3ccccc3)C(=O)OC2=C1c1ccc2c(c1)Oc1ccccc1N2c1ccccc1. The van der Waals surface area contributed by atoms with Gasteiger partial charge in [0.1, 0.15) is 11.1 Å². The number of carbonyl (C=O) groups is 2. The van der Waals surface area contributed by atoms with Crippen molar-refractivity contribution < 1.29 is 28.5 Å². The number of carbonyl (C=O) groups excluding carboxylic acids is 2. The van der Waals surface area contributed by atoms with Crippen molar-refractivity contribution in [1.29, 1.82) is 0 Å². The normalized spacial score (nSPS) is 15.3. The first-order valence-electron chi connectivity index (χ1n) is 16.1. The van der Waals surface area contributed by atoms with E-state index < -0.39 is 11.9 Å². The van der Waals surface area contributed by atoms with Gasteiger partial charge in [-0.15, -0.1) is 0 Å². The van der Waals surface area contributed by atoms with Crippen molar-refractivity contribution in [2.24, 2.45) is 0 Å². The van der Waals surface area contributed by atoms with Gasteiger partial charge in [-0.1, -0.05) is 72.8 Å². The molecule has 10 rings (SSSR count). The number of nitrogens with zero attached hydrogens (tertiary/aromatic N) is 2. The van der Waals surface area contributed by atoms with Gasteiger partial charge in [-0.25, -0.2) is 9.59 Å². The maximum Gasteiger partial charge on any atom is 0.348 e. The summed E-state index contributed by atoms with van der Waals surface area (Å²) in [6.07, 6.45) is 0. The predicted molar refractivity (Wildman–Crippen MR) is 188 cm³/mol. The summed E-state index contributed by atoms with van der Waals surface area (Å²) < 4.78 is 24.3. The highest BCUT2D eigenvalue weighted by Crippen LogP contribution is 2.54. The molecule has 0 fully saturated rings. The zero-order valence-corrected chi connectivity index (χ0v) is 26.2. The van der Waals surface area contributed by atoms with E-state index in [1.165, 1.54) is 0 Å². The second-order valence-electron chi connectivity index (χ2n) is 12.0. The Morgan fingerprint density at radius 2 is 0.740 bits per heavy atom. The highest BCUT2D eigenvalue weighted by atomic mass is 16.6. The molecule has 0 aliphatic carbocycles. The summed E-state index contributed by atoms with van der Waals surface area (Å²) >= 11 is 0. The summed E-state index contributed by atoms with van der Waals surface area (Å²) in [7, 11) is 0. The van der Waals surface area contributed by atoms with Crippen LogP contribution in [0.5, 0.6) is 23.0 Å². The molecule has 4 aliphatic rings. The number of ether oxygens (including phenoxy) is 4. The third-order valence-corrected chi connectivity index (χ3v) is 9.12. The van der Waals surface area contributed by atoms with Crippen molar-refractivity contribution in [3.8, 4) is 23.0 Å². The lowest BCUT2D eigenvalue weighted by Crippen LogP contribution is -2.16. The van der Waals surface area contributed by atoms with Crippen LogP contribution < -0.4 is 19.3 Å². The summed E-state index contributed by atoms with van der Waals surface area (Å²) in [5.74, 6) is 1.37. The van der Waals surface area contributed by atoms with Gasteiger partial charge in [0, 0.05) is 11.4 Å². The van der Waals surface area contributed by atoms with Crippen LogP contribution in [0.25, 0.3) is 11.1 Å². The lowest BCUT2D eigenvalue weighted by atomic mass is 10.0. The minimum atomic E-state index is -0.616. The fourth-order valence-electron chi connectivity index (χ4n) is 6.93. The number of hydrogen-bond acceptors (Lipinski definition) is 8. The Morgan fingerprint density at radius 3 is 1.18 bits per heavy atom. The number of anilines is 6. The molecule has 6 aromatic rings. The van der Waals surface area contributed by atoms with E-state index in [9.17, 15) is 9.59 Å².